The third kappa shape index (κ3) is 4.26. The van der Waals surface area contributed by atoms with Gasteiger partial charge in [0.2, 0.25) is 0 Å². The molecule has 3 aromatic rings. The molecule has 0 radical (unpaired) electrons. The van der Waals surface area contributed by atoms with E-state index in [2.05, 4.69) is 0 Å². The van der Waals surface area contributed by atoms with Crippen LogP contribution in [0.3, 0.4) is 0 Å². The molecule has 1 aliphatic rings. The lowest BCUT2D eigenvalue weighted by molar-refractivity contribution is 0.0988. The molecule has 1 amide bonds. The first-order valence-corrected chi connectivity index (χ1v) is 10.0. The molecule has 0 aromatic heterocycles. The van der Waals surface area contributed by atoms with Gasteiger partial charge in [-0.25, -0.2) is 0 Å². The molecule has 0 saturated heterocycles. The van der Waals surface area contributed by atoms with Crippen molar-refractivity contribution < 1.29 is 4.79 Å². The van der Waals surface area contributed by atoms with Crippen molar-refractivity contribution in [1.29, 1.82) is 0 Å². The molecule has 0 saturated carbocycles. The van der Waals surface area contributed by atoms with Gasteiger partial charge in [-0.3, -0.25) is 9.79 Å². The van der Waals surface area contributed by atoms with E-state index in [0.717, 1.165) is 22.5 Å². The number of nitrogens with zero attached hydrogens (tertiary/aromatic N) is 2. The Morgan fingerprint density at radius 3 is 2.45 bits per heavy atom. The van der Waals surface area contributed by atoms with Crippen LogP contribution >= 0.6 is 23.2 Å². The summed E-state index contributed by atoms with van der Waals surface area (Å²) in [6, 6.07) is 22.7. The summed E-state index contributed by atoms with van der Waals surface area (Å²) in [5.41, 5.74) is 4.20. The molecular weight excluding hydrogens is 403 g/mol. The molecule has 0 spiro atoms. The molecular formula is C24H18Cl2N2O. The van der Waals surface area contributed by atoms with Gasteiger partial charge in [-0.05, 0) is 42.0 Å². The Morgan fingerprint density at radius 1 is 0.897 bits per heavy atom. The quantitative estimate of drug-likeness (QED) is 0.499. The van der Waals surface area contributed by atoms with Crippen LogP contribution in [0, 0.1) is 0 Å². The first kappa shape index (κ1) is 19.4. The molecule has 0 bridgehead atoms. The van der Waals surface area contributed by atoms with E-state index >= 15 is 0 Å². The first-order valence-electron chi connectivity index (χ1n) is 9.27. The topological polar surface area (TPSA) is 32.7 Å². The number of fused-ring (bicyclic) bond motifs is 1. The van der Waals surface area contributed by atoms with Crippen LogP contribution in [0.15, 0.2) is 83.9 Å². The van der Waals surface area contributed by atoms with Crippen LogP contribution in [0.4, 0.5) is 5.69 Å². The summed E-state index contributed by atoms with van der Waals surface area (Å²) >= 11 is 12.1. The maximum atomic E-state index is 13.1. The number of aliphatic imine (C=N–C) groups is 1. The smallest absolute Gasteiger partial charge is 0.258 e. The first-order chi connectivity index (χ1) is 14.1. The summed E-state index contributed by atoms with van der Waals surface area (Å²) in [6.45, 7) is 1.04. The van der Waals surface area contributed by atoms with E-state index in [-0.39, 0.29) is 5.91 Å². The van der Waals surface area contributed by atoms with Gasteiger partial charge in [-0.2, -0.15) is 0 Å². The van der Waals surface area contributed by atoms with E-state index in [1.165, 1.54) is 0 Å². The zero-order valence-electron chi connectivity index (χ0n) is 15.6. The van der Waals surface area contributed by atoms with E-state index in [0.29, 0.717) is 28.7 Å². The lowest BCUT2D eigenvalue weighted by Crippen LogP contribution is -2.33. The molecule has 5 heteroatoms. The van der Waals surface area contributed by atoms with Crippen molar-refractivity contribution in [3.63, 3.8) is 0 Å². The minimum absolute atomic E-state index is 0.0250. The van der Waals surface area contributed by atoms with E-state index in [4.69, 9.17) is 28.2 Å². The Balaban J connectivity index is 1.67. The fraction of sp³-hybridized carbons (Fsp3) is 0.0833. The van der Waals surface area contributed by atoms with Crippen LogP contribution in [0.25, 0.3) is 6.08 Å². The summed E-state index contributed by atoms with van der Waals surface area (Å²) in [6.07, 6.45) is 3.90. The fourth-order valence-electron chi connectivity index (χ4n) is 3.28. The van der Waals surface area contributed by atoms with Gasteiger partial charge in [0.05, 0.1) is 28.0 Å². The van der Waals surface area contributed by atoms with Gasteiger partial charge in [-0.15, -0.1) is 0 Å². The third-order valence-electron chi connectivity index (χ3n) is 4.72. The highest BCUT2D eigenvalue weighted by Crippen LogP contribution is 2.27. The molecule has 0 unspecified atom stereocenters. The van der Waals surface area contributed by atoms with Crippen molar-refractivity contribution in [2.75, 3.05) is 18.0 Å². The third-order valence-corrected chi connectivity index (χ3v) is 5.46. The number of anilines is 1. The minimum atomic E-state index is -0.0250. The number of benzodiazepines with no additional fused rings is 1. The summed E-state index contributed by atoms with van der Waals surface area (Å²) in [4.78, 5) is 19.6. The number of halogens is 2. The van der Waals surface area contributed by atoms with Gasteiger partial charge < -0.3 is 4.90 Å². The van der Waals surface area contributed by atoms with Crippen LogP contribution in [0.1, 0.15) is 21.5 Å². The van der Waals surface area contributed by atoms with Crippen LogP contribution in [-0.2, 0) is 0 Å². The second-order valence-corrected chi connectivity index (χ2v) is 7.43. The molecule has 1 aliphatic heterocycles. The number of rotatable bonds is 3. The number of amides is 1. The highest BCUT2D eigenvalue weighted by molar-refractivity contribution is 6.42. The number of para-hydroxylation sites is 1. The summed E-state index contributed by atoms with van der Waals surface area (Å²) in [5.74, 6) is -0.0250. The Bertz CT molecular complexity index is 1110. The molecule has 0 fully saturated rings. The number of hydrogen-bond donors (Lipinski definition) is 0. The van der Waals surface area contributed by atoms with Crippen molar-refractivity contribution in [3.8, 4) is 0 Å². The van der Waals surface area contributed by atoms with Gasteiger partial charge >= 0.3 is 0 Å². The molecule has 0 atom stereocenters. The lowest BCUT2D eigenvalue weighted by atomic mass is 10.0. The van der Waals surface area contributed by atoms with Crippen LogP contribution in [-0.4, -0.2) is 24.7 Å². The number of allylic oxidation sites excluding steroid dienone is 1. The predicted molar refractivity (Wildman–Crippen MR) is 121 cm³/mol. The SMILES string of the molecule is O=C(c1ccccc1)N1CCN=C(/C=C/c2ccc(Cl)c(Cl)c2)c2ccccc21. The Hall–Kier alpha value is -2.88. The second kappa shape index (κ2) is 8.64. The molecule has 144 valence electrons. The normalized spacial score (nSPS) is 13.7. The largest absolute Gasteiger partial charge is 0.306 e. The van der Waals surface area contributed by atoms with Crippen molar-refractivity contribution >= 4 is 46.6 Å². The van der Waals surface area contributed by atoms with Gasteiger partial charge in [-0.1, -0.05) is 71.7 Å². The molecule has 1 heterocycles. The zero-order valence-corrected chi connectivity index (χ0v) is 17.1. The Morgan fingerprint density at radius 2 is 1.66 bits per heavy atom. The lowest BCUT2D eigenvalue weighted by Gasteiger charge is -2.22. The highest BCUT2D eigenvalue weighted by atomic mass is 35.5. The van der Waals surface area contributed by atoms with Gasteiger partial charge in [0.25, 0.3) is 5.91 Å². The molecule has 3 nitrogen and oxygen atoms in total. The highest BCUT2D eigenvalue weighted by Gasteiger charge is 2.23. The Kier molecular flexibility index (Phi) is 5.79. The monoisotopic (exact) mass is 420 g/mol. The maximum absolute atomic E-state index is 13.1. The van der Waals surface area contributed by atoms with E-state index in [9.17, 15) is 4.79 Å². The number of benzene rings is 3. The average Bonchev–Trinajstić information content (AvgIpc) is 2.94. The zero-order chi connectivity index (χ0) is 20.2. The Labute approximate surface area is 179 Å². The molecule has 0 N–H and O–H groups in total. The summed E-state index contributed by atoms with van der Waals surface area (Å²) in [5, 5.41) is 1.03. The number of carbonyl (C=O) groups excluding carboxylic acids is 1. The summed E-state index contributed by atoms with van der Waals surface area (Å²) in [7, 11) is 0. The van der Waals surface area contributed by atoms with E-state index in [1.807, 2.05) is 78.9 Å². The van der Waals surface area contributed by atoms with Crippen molar-refractivity contribution in [1.82, 2.24) is 0 Å². The van der Waals surface area contributed by atoms with Crippen LogP contribution in [0.5, 0.6) is 0 Å². The van der Waals surface area contributed by atoms with Crippen molar-refractivity contribution in [2.45, 2.75) is 0 Å². The maximum Gasteiger partial charge on any atom is 0.258 e. The van der Waals surface area contributed by atoms with Crippen LogP contribution in [0.2, 0.25) is 10.0 Å². The summed E-state index contributed by atoms with van der Waals surface area (Å²) < 4.78 is 0. The van der Waals surface area contributed by atoms with E-state index in [1.54, 1.807) is 11.0 Å². The molecule has 29 heavy (non-hydrogen) atoms. The second-order valence-electron chi connectivity index (χ2n) is 6.61. The fourth-order valence-corrected chi connectivity index (χ4v) is 3.59. The number of carbonyl (C=O) groups is 1. The standard InChI is InChI=1S/C24H18Cl2N2O/c25-20-12-10-17(16-21(20)26)11-13-22-19-8-4-5-9-23(19)28(15-14-27-22)24(29)18-6-2-1-3-7-18/h1-13,16H,14-15H2/b13-11+. The minimum Gasteiger partial charge on any atom is -0.306 e. The van der Waals surface area contributed by atoms with Crippen molar-refractivity contribution in [3.05, 3.63) is 106 Å². The van der Waals surface area contributed by atoms with Gasteiger partial charge in [0, 0.05) is 17.7 Å². The van der Waals surface area contributed by atoms with Crippen molar-refractivity contribution in [2.24, 2.45) is 4.99 Å². The van der Waals surface area contributed by atoms with Crippen LogP contribution < -0.4 is 4.90 Å². The van der Waals surface area contributed by atoms with Gasteiger partial charge in [0.15, 0.2) is 0 Å². The van der Waals surface area contributed by atoms with Gasteiger partial charge in [0.1, 0.15) is 0 Å². The average molecular weight is 421 g/mol. The van der Waals surface area contributed by atoms with E-state index < -0.39 is 0 Å². The molecule has 4 rings (SSSR count). The molecule has 0 aliphatic carbocycles. The predicted octanol–water partition coefficient (Wildman–Crippen LogP) is 6.16. The molecule has 3 aromatic carbocycles. The number of hydrogen-bond acceptors (Lipinski definition) is 2.